The minimum Gasteiger partial charge on any atom is -0.454 e. The van der Waals surface area contributed by atoms with Crippen LogP contribution in [0.5, 0.6) is 11.5 Å². The first-order valence-electron chi connectivity index (χ1n) is 8.19. The molecule has 27 heavy (non-hydrogen) atoms. The molecule has 0 unspecified atom stereocenters. The molecule has 3 aromatic rings. The zero-order valence-corrected chi connectivity index (χ0v) is 15.0. The number of anilines is 1. The second kappa shape index (κ2) is 7.38. The lowest BCUT2D eigenvalue weighted by Crippen LogP contribution is -2.43. The lowest BCUT2D eigenvalue weighted by atomic mass is 10.2. The number of rotatable bonds is 3. The summed E-state index contributed by atoms with van der Waals surface area (Å²) in [6.45, 7) is 0.209. The molecule has 8 heteroatoms. The van der Waals surface area contributed by atoms with E-state index in [9.17, 15) is 4.79 Å². The summed E-state index contributed by atoms with van der Waals surface area (Å²) in [6, 6.07) is 16.5. The van der Waals surface area contributed by atoms with Gasteiger partial charge in [-0.3, -0.25) is 15.6 Å². The summed E-state index contributed by atoms with van der Waals surface area (Å²) in [5.74, 6) is 1.05. The number of carbonyl (C=O) groups excluding carboxylic acids is 1. The maximum atomic E-state index is 12.2. The Bertz CT molecular complexity index is 971. The van der Waals surface area contributed by atoms with Crippen molar-refractivity contribution in [3.8, 4) is 17.2 Å². The number of fused-ring (bicyclic) bond motifs is 1. The Balaban J connectivity index is 1.31. The Morgan fingerprint density at radius 3 is 2.48 bits per heavy atom. The van der Waals surface area contributed by atoms with Gasteiger partial charge in [-0.1, -0.05) is 0 Å². The molecular formula is C19H16N4O3S. The standard InChI is InChI=1S/C19H16N4O3S/c24-18(13-3-6-15(7-4-13)23-9-1-2-10-23)21-22-19(27)20-14-5-8-16-17(11-14)26-12-25-16/h1-11H,12H2,(H,21,24)(H2,20,22,27). The second-order valence-corrected chi connectivity index (χ2v) is 6.15. The van der Waals surface area contributed by atoms with Crippen molar-refractivity contribution in [3.63, 3.8) is 0 Å². The second-order valence-electron chi connectivity index (χ2n) is 5.74. The van der Waals surface area contributed by atoms with Gasteiger partial charge in [0, 0.05) is 35.4 Å². The largest absolute Gasteiger partial charge is 0.454 e. The van der Waals surface area contributed by atoms with Gasteiger partial charge in [0.1, 0.15) is 0 Å². The molecule has 1 amide bonds. The first-order chi connectivity index (χ1) is 13.2. The minimum absolute atomic E-state index is 0.209. The zero-order valence-electron chi connectivity index (χ0n) is 14.1. The van der Waals surface area contributed by atoms with E-state index in [1.807, 2.05) is 47.3 Å². The van der Waals surface area contributed by atoms with Crippen LogP contribution in [0.4, 0.5) is 5.69 Å². The Kier molecular flexibility index (Phi) is 4.63. The highest BCUT2D eigenvalue weighted by Gasteiger charge is 2.13. The van der Waals surface area contributed by atoms with Crippen molar-refractivity contribution in [2.45, 2.75) is 0 Å². The number of aromatic nitrogens is 1. The zero-order chi connectivity index (χ0) is 18.6. The molecule has 136 valence electrons. The quantitative estimate of drug-likeness (QED) is 0.479. The van der Waals surface area contributed by atoms with Gasteiger partial charge >= 0.3 is 0 Å². The molecule has 0 spiro atoms. The van der Waals surface area contributed by atoms with Crippen LogP contribution in [0.1, 0.15) is 10.4 Å². The lowest BCUT2D eigenvalue weighted by molar-refractivity contribution is 0.0944. The van der Waals surface area contributed by atoms with Crippen molar-refractivity contribution in [1.82, 2.24) is 15.4 Å². The number of benzene rings is 2. The van der Waals surface area contributed by atoms with Crippen molar-refractivity contribution in [2.24, 2.45) is 0 Å². The number of hydrogen-bond donors (Lipinski definition) is 3. The third-order valence-corrected chi connectivity index (χ3v) is 4.16. The van der Waals surface area contributed by atoms with E-state index in [1.165, 1.54) is 0 Å². The molecule has 0 aliphatic carbocycles. The van der Waals surface area contributed by atoms with Crippen LogP contribution in [0.3, 0.4) is 0 Å². The molecule has 0 atom stereocenters. The molecular weight excluding hydrogens is 364 g/mol. The predicted molar refractivity (Wildman–Crippen MR) is 105 cm³/mol. The summed E-state index contributed by atoms with van der Waals surface area (Å²) in [4.78, 5) is 12.2. The molecule has 7 nitrogen and oxygen atoms in total. The van der Waals surface area contributed by atoms with Gasteiger partial charge in [-0.05, 0) is 60.7 Å². The molecule has 2 heterocycles. The van der Waals surface area contributed by atoms with Gasteiger partial charge in [-0.15, -0.1) is 0 Å². The predicted octanol–water partition coefficient (Wildman–Crippen LogP) is 2.84. The molecule has 2 aromatic carbocycles. The van der Waals surface area contributed by atoms with Gasteiger partial charge in [-0.25, -0.2) is 0 Å². The van der Waals surface area contributed by atoms with Gasteiger partial charge in [-0.2, -0.15) is 0 Å². The highest BCUT2D eigenvalue weighted by molar-refractivity contribution is 7.80. The Morgan fingerprint density at radius 1 is 0.963 bits per heavy atom. The van der Waals surface area contributed by atoms with E-state index < -0.39 is 0 Å². The van der Waals surface area contributed by atoms with E-state index in [0.29, 0.717) is 17.1 Å². The van der Waals surface area contributed by atoms with Crippen LogP contribution in [0.25, 0.3) is 5.69 Å². The number of nitrogens with one attached hydrogen (secondary N) is 3. The summed E-state index contributed by atoms with van der Waals surface area (Å²) in [6.07, 6.45) is 3.88. The van der Waals surface area contributed by atoms with Crippen molar-refractivity contribution in [3.05, 3.63) is 72.6 Å². The molecule has 1 aromatic heterocycles. The first kappa shape index (κ1) is 16.9. The van der Waals surface area contributed by atoms with Gasteiger partial charge in [0.05, 0.1) is 0 Å². The van der Waals surface area contributed by atoms with E-state index in [0.717, 1.165) is 11.4 Å². The third-order valence-electron chi connectivity index (χ3n) is 3.95. The fourth-order valence-electron chi connectivity index (χ4n) is 2.61. The van der Waals surface area contributed by atoms with Crippen LogP contribution < -0.4 is 25.6 Å². The van der Waals surface area contributed by atoms with E-state index >= 15 is 0 Å². The average Bonchev–Trinajstić information content (AvgIpc) is 3.37. The maximum absolute atomic E-state index is 12.2. The Hall–Kier alpha value is -3.52. The normalized spacial score (nSPS) is 11.7. The SMILES string of the molecule is O=C(NNC(=S)Nc1ccc2c(c1)OCO2)c1ccc(-n2cccc2)cc1. The first-order valence-corrected chi connectivity index (χ1v) is 8.60. The van der Waals surface area contributed by atoms with Crippen LogP contribution in [0.15, 0.2) is 67.0 Å². The molecule has 1 aliphatic heterocycles. The van der Waals surface area contributed by atoms with E-state index in [4.69, 9.17) is 21.7 Å². The summed E-state index contributed by atoms with van der Waals surface area (Å²) in [5, 5.41) is 3.23. The molecule has 3 N–H and O–H groups in total. The van der Waals surface area contributed by atoms with Crippen LogP contribution in [0.2, 0.25) is 0 Å². The van der Waals surface area contributed by atoms with Gasteiger partial charge < -0.3 is 19.4 Å². The third kappa shape index (κ3) is 3.85. The fourth-order valence-corrected chi connectivity index (χ4v) is 2.78. The number of hydrazine groups is 1. The average molecular weight is 380 g/mol. The van der Waals surface area contributed by atoms with Crippen molar-refractivity contribution in [1.29, 1.82) is 0 Å². The Labute approximate surface area is 160 Å². The van der Waals surface area contributed by atoms with Crippen LogP contribution >= 0.6 is 12.2 Å². The smallest absolute Gasteiger partial charge is 0.269 e. The molecule has 0 radical (unpaired) electrons. The summed E-state index contributed by atoms with van der Waals surface area (Å²) < 4.78 is 12.5. The molecule has 1 aliphatic rings. The van der Waals surface area contributed by atoms with Crippen molar-refractivity contribution in [2.75, 3.05) is 12.1 Å². The van der Waals surface area contributed by atoms with E-state index in [1.54, 1.807) is 24.3 Å². The van der Waals surface area contributed by atoms with Crippen LogP contribution in [-0.2, 0) is 0 Å². The lowest BCUT2D eigenvalue weighted by Gasteiger charge is -2.12. The molecule has 0 saturated carbocycles. The number of thiocarbonyl (C=S) groups is 1. The molecule has 4 rings (SSSR count). The fraction of sp³-hybridized carbons (Fsp3) is 0.0526. The van der Waals surface area contributed by atoms with Crippen molar-refractivity contribution >= 4 is 28.9 Å². The van der Waals surface area contributed by atoms with Gasteiger partial charge in [0.15, 0.2) is 16.6 Å². The molecule has 0 saturated heterocycles. The number of ether oxygens (including phenoxy) is 2. The highest BCUT2D eigenvalue weighted by Crippen LogP contribution is 2.34. The van der Waals surface area contributed by atoms with Crippen LogP contribution in [-0.4, -0.2) is 22.4 Å². The number of nitrogens with zero attached hydrogens (tertiary/aromatic N) is 1. The van der Waals surface area contributed by atoms with Crippen molar-refractivity contribution < 1.29 is 14.3 Å². The van der Waals surface area contributed by atoms with Gasteiger partial charge in [0.25, 0.3) is 5.91 Å². The van der Waals surface area contributed by atoms with Crippen LogP contribution in [0, 0.1) is 0 Å². The van der Waals surface area contributed by atoms with E-state index in [2.05, 4.69) is 16.2 Å². The topological polar surface area (TPSA) is 76.6 Å². The van der Waals surface area contributed by atoms with E-state index in [-0.39, 0.29) is 17.8 Å². The molecule has 0 bridgehead atoms. The number of amides is 1. The monoisotopic (exact) mass is 380 g/mol. The summed E-state index contributed by atoms with van der Waals surface area (Å²) in [5.41, 5.74) is 7.47. The summed E-state index contributed by atoms with van der Waals surface area (Å²) >= 11 is 5.19. The number of hydrogen-bond acceptors (Lipinski definition) is 4. The van der Waals surface area contributed by atoms with Gasteiger partial charge in [0.2, 0.25) is 6.79 Å². The molecule has 0 fully saturated rings. The Morgan fingerprint density at radius 2 is 1.70 bits per heavy atom. The maximum Gasteiger partial charge on any atom is 0.269 e. The summed E-state index contributed by atoms with van der Waals surface area (Å²) in [7, 11) is 0. The minimum atomic E-state index is -0.288. The highest BCUT2D eigenvalue weighted by atomic mass is 32.1. The number of carbonyl (C=O) groups is 1.